The van der Waals surface area contributed by atoms with Crippen LogP contribution in [-0.4, -0.2) is 33.7 Å². The Morgan fingerprint density at radius 1 is 0.900 bits per heavy atom. The van der Waals surface area contributed by atoms with E-state index in [-0.39, 0.29) is 11.6 Å². The van der Waals surface area contributed by atoms with Crippen molar-refractivity contribution in [1.29, 1.82) is 0 Å². The monoisotopic (exact) mass is 290 g/mol. The van der Waals surface area contributed by atoms with Gasteiger partial charge in [0.2, 0.25) is 0 Å². The summed E-state index contributed by atoms with van der Waals surface area (Å²) in [6.07, 6.45) is 6.43. The van der Waals surface area contributed by atoms with E-state index in [1.165, 1.54) is 19.3 Å². The lowest BCUT2D eigenvalue weighted by Crippen LogP contribution is -2.23. The number of hydrogen-bond donors (Lipinski definition) is 2. The molecule has 0 amide bonds. The number of unbranched alkanes of at least 4 members (excludes halogenated alkanes) is 4. The number of carboxylic acid groups (broad SMARTS) is 2. The SMILES string of the molecule is CCCCCCCC(=O)OC(C)(C)C.O=C(O)C(=O)O. The van der Waals surface area contributed by atoms with Crippen LogP contribution in [0.5, 0.6) is 0 Å². The van der Waals surface area contributed by atoms with Crippen LogP contribution < -0.4 is 0 Å². The molecule has 0 rings (SSSR count). The molecule has 0 aromatic heterocycles. The Hall–Kier alpha value is -1.59. The van der Waals surface area contributed by atoms with E-state index in [1.54, 1.807) is 0 Å². The third-order valence-electron chi connectivity index (χ3n) is 2.09. The van der Waals surface area contributed by atoms with Crippen molar-refractivity contribution < 1.29 is 29.3 Å². The molecule has 0 bridgehead atoms. The van der Waals surface area contributed by atoms with Gasteiger partial charge in [0.1, 0.15) is 5.60 Å². The summed E-state index contributed by atoms with van der Waals surface area (Å²) in [4.78, 5) is 29.5. The summed E-state index contributed by atoms with van der Waals surface area (Å²) in [7, 11) is 0. The standard InChI is InChI=1S/C12H24O2.C2H2O4/c1-5-6-7-8-9-10-11(13)14-12(2,3)4;3-1(4)2(5)6/h5-10H2,1-4H3;(H,3,4)(H,5,6). The number of carbonyl (C=O) groups is 3. The van der Waals surface area contributed by atoms with Crippen molar-refractivity contribution in [1.82, 2.24) is 0 Å². The third kappa shape index (κ3) is 18.8. The van der Waals surface area contributed by atoms with Crippen LogP contribution in [0, 0.1) is 0 Å². The Morgan fingerprint density at radius 2 is 1.35 bits per heavy atom. The second-order valence-electron chi connectivity index (χ2n) is 5.36. The zero-order chi connectivity index (χ0) is 16.2. The molecule has 118 valence electrons. The van der Waals surface area contributed by atoms with Gasteiger partial charge in [0.25, 0.3) is 0 Å². The van der Waals surface area contributed by atoms with Crippen LogP contribution in [0.1, 0.15) is 66.2 Å². The summed E-state index contributed by atoms with van der Waals surface area (Å²) >= 11 is 0. The summed E-state index contributed by atoms with van der Waals surface area (Å²) in [6.45, 7) is 7.90. The summed E-state index contributed by atoms with van der Waals surface area (Å²) in [6, 6.07) is 0. The van der Waals surface area contributed by atoms with Gasteiger partial charge in [0.05, 0.1) is 0 Å². The van der Waals surface area contributed by atoms with Crippen molar-refractivity contribution in [2.75, 3.05) is 0 Å². The lowest BCUT2D eigenvalue weighted by atomic mass is 10.1. The third-order valence-corrected chi connectivity index (χ3v) is 2.09. The molecule has 0 aromatic carbocycles. The summed E-state index contributed by atoms with van der Waals surface area (Å²) in [5, 5.41) is 14.8. The van der Waals surface area contributed by atoms with Crippen molar-refractivity contribution in [3.8, 4) is 0 Å². The van der Waals surface area contributed by atoms with Crippen LogP contribution in [0.25, 0.3) is 0 Å². The Labute approximate surface area is 120 Å². The minimum atomic E-state index is -1.82. The Balaban J connectivity index is 0. The number of aliphatic carboxylic acids is 2. The first-order valence-electron chi connectivity index (χ1n) is 6.78. The number of carboxylic acids is 2. The molecule has 0 aliphatic heterocycles. The molecule has 6 nitrogen and oxygen atoms in total. The van der Waals surface area contributed by atoms with Crippen molar-refractivity contribution >= 4 is 17.9 Å². The fraction of sp³-hybridized carbons (Fsp3) is 0.786. The van der Waals surface area contributed by atoms with Crippen molar-refractivity contribution in [2.24, 2.45) is 0 Å². The van der Waals surface area contributed by atoms with E-state index in [4.69, 9.17) is 24.5 Å². The van der Waals surface area contributed by atoms with Crippen LogP contribution >= 0.6 is 0 Å². The predicted octanol–water partition coefficient (Wildman–Crippen LogP) is 2.84. The van der Waals surface area contributed by atoms with Gasteiger partial charge in [-0.15, -0.1) is 0 Å². The first-order valence-corrected chi connectivity index (χ1v) is 6.78. The number of rotatable bonds is 6. The number of ether oxygens (including phenoxy) is 1. The van der Waals surface area contributed by atoms with Gasteiger partial charge in [-0.3, -0.25) is 4.79 Å². The molecular formula is C14H26O6. The van der Waals surface area contributed by atoms with Crippen LogP contribution in [0.3, 0.4) is 0 Å². The van der Waals surface area contributed by atoms with E-state index < -0.39 is 11.9 Å². The maximum Gasteiger partial charge on any atom is 0.414 e. The average Bonchev–Trinajstić information content (AvgIpc) is 2.27. The zero-order valence-corrected chi connectivity index (χ0v) is 12.8. The van der Waals surface area contributed by atoms with E-state index >= 15 is 0 Å². The van der Waals surface area contributed by atoms with E-state index in [1.807, 2.05) is 20.8 Å². The largest absolute Gasteiger partial charge is 0.473 e. The van der Waals surface area contributed by atoms with Gasteiger partial charge in [0, 0.05) is 6.42 Å². The molecule has 0 saturated heterocycles. The van der Waals surface area contributed by atoms with Gasteiger partial charge in [0.15, 0.2) is 0 Å². The van der Waals surface area contributed by atoms with Crippen LogP contribution in [0.4, 0.5) is 0 Å². The highest BCUT2D eigenvalue weighted by molar-refractivity contribution is 6.27. The highest BCUT2D eigenvalue weighted by Gasteiger charge is 2.15. The Kier molecular flexibility index (Phi) is 11.7. The fourth-order valence-electron chi connectivity index (χ4n) is 1.27. The molecular weight excluding hydrogens is 264 g/mol. The van der Waals surface area contributed by atoms with E-state index in [2.05, 4.69) is 6.92 Å². The van der Waals surface area contributed by atoms with Gasteiger partial charge >= 0.3 is 17.9 Å². The topological polar surface area (TPSA) is 101 Å². The molecule has 20 heavy (non-hydrogen) atoms. The van der Waals surface area contributed by atoms with Crippen molar-refractivity contribution in [2.45, 2.75) is 71.8 Å². The molecule has 0 radical (unpaired) electrons. The minimum absolute atomic E-state index is 0.0611. The molecule has 6 heteroatoms. The molecule has 0 aliphatic rings. The van der Waals surface area contributed by atoms with Crippen molar-refractivity contribution in [3.05, 3.63) is 0 Å². The highest BCUT2D eigenvalue weighted by atomic mass is 16.6. The quantitative estimate of drug-likeness (QED) is 0.443. The van der Waals surface area contributed by atoms with Gasteiger partial charge in [-0.1, -0.05) is 32.6 Å². The van der Waals surface area contributed by atoms with E-state index in [9.17, 15) is 4.79 Å². The number of hydrogen-bond acceptors (Lipinski definition) is 4. The molecule has 0 saturated carbocycles. The second kappa shape index (κ2) is 11.3. The summed E-state index contributed by atoms with van der Waals surface area (Å²) < 4.78 is 5.21. The number of esters is 1. The molecule has 0 unspecified atom stereocenters. The first kappa shape index (κ1) is 20.7. The van der Waals surface area contributed by atoms with Crippen LogP contribution in [0.15, 0.2) is 0 Å². The van der Waals surface area contributed by atoms with Crippen molar-refractivity contribution in [3.63, 3.8) is 0 Å². The maximum atomic E-state index is 11.3. The van der Waals surface area contributed by atoms with Gasteiger partial charge in [-0.05, 0) is 27.2 Å². The Bertz CT molecular complexity index is 291. The minimum Gasteiger partial charge on any atom is -0.473 e. The van der Waals surface area contributed by atoms with Crippen LogP contribution in [-0.2, 0) is 19.1 Å². The lowest BCUT2D eigenvalue weighted by Gasteiger charge is -2.19. The first-order chi connectivity index (χ1) is 9.10. The lowest BCUT2D eigenvalue weighted by molar-refractivity contribution is -0.159. The zero-order valence-electron chi connectivity index (χ0n) is 12.8. The summed E-state index contributed by atoms with van der Waals surface area (Å²) in [5.41, 5.74) is -0.333. The average molecular weight is 290 g/mol. The van der Waals surface area contributed by atoms with Gasteiger partial charge in [-0.25, -0.2) is 9.59 Å². The smallest absolute Gasteiger partial charge is 0.414 e. The molecule has 0 heterocycles. The normalized spacial score (nSPS) is 10.2. The number of carbonyl (C=O) groups excluding carboxylic acids is 1. The second-order valence-corrected chi connectivity index (χ2v) is 5.36. The maximum absolute atomic E-state index is 11.3. The molecule has 2 N–H and O–H groups in total. The molecule has 0 fully saturated rings. The molecule has 0 aromatic rings. The Morgan fingerprint density at radius 3 is 1.70 bits per heavy atom. The fourth-order valence-corrected chi connectivity index (χ4v) is 1.27. The molecule has 0 atom stereocenters. The van der Waals surface area contributed by atoms with Gasteiger partial charge < -0.3 is 14.9 Å². The van der Waals surface area contributed by atoms with Crippen LogP contribution in [0.2, 0.25) is 0 Å². The summed E-state index contributed by atoms with van der Waals surface area (Å²) in [5.74, 6) is -3.71. The van der Waals surface area contributed by atoms with Gasteiger partial charge in [-0.2, -0.15) is 0 Å². The predicted molar refractivity (Wildman–Crippen MR) is 74.5 cm³/mol. The van der Waals surface area contributed by atoms with E-state index in [0.717, 1.165) is 12.8 Å². The van der Waals surface area contributed by atoms with E-state index in [0.29, 0.717) is 6.42 Å². The molecule has 0 aliphatic carbocycles. The highest BCUT2D eigenvalue weighted by Crippen LogP contribution is 2.11. The molecule has 0 spiro atoms.